The van der Waals surface area contributed by atoms with E-state index in [1.807, 2.05) is 0 Å². The Bertz CT molecular complexity index is 713. The second-order valence-corrected chi connectivity index (χ2v) is 8.14. The molecule has 2 rings (SSSR count). The van der Waals surface area contributed by atoms with Crippen molar-refractivity contribution in [1.29, 1.82) is 0 Å². The standard InChI is InChI=1S/C16H22N2O4S/c1-17(2)15(19)13-7-5-9-18(11-13)16(20)12-6-4-8-14(10-12)23(3,21)22/h4,6,8,10,13H,5,7,9,11H2,1-3H3/t13-/m0/s1. The van der Waals surface area contributed by atoms with Crippen LogP contribution in [-0.4, -0.2) is 63.5 Å². The van der Waals surface area contributed by atoms with Gasteiger partial charge in [0.25, 0.3) is 5.91 Å². The first-order valence-corrected chi connectivity index (χ1v) is 9.40. The molecule has 1 aliphatic heterocycles. The largest absolute Gasteiger partial charge is 0.349 e. The van der Waals surface area contributed by atoms with Gasteiger partial charge in [0.2, 0.25) is 5.91 Å². The van der Waals surface area contributed by atoms with Gasteiger partial charge in [-0.15, -0.1) is 0 Å². The van der Waals surface area contributed by atoms with E-state index in [2.05, 4.69) is 0 Å². The lowest BCUT2D eigenvalue weighted by Crippen LogP contribution is -2.45. The molecule has 0 aromatic heterocycles. The molecular weight excluding hydrogens is 316 g/mol. The second kappa shape index (κ2) is 6.70. The minimum atomic E-state index is -3.36. The highest BCUT2D eigenvalue weighted by atomic mass is 32.2. The Morgan fingerprint density at radius 1 is 1.26 bits per heavy atom. The highest BCUT2D eigenvalue weighted by Crippen LogP contribution is 2.21. The number of nitrogens with zero attached hydrogens (tertiary/aromatic N) is 2. The fourth-order valence-corrected chi connectivity index (χ4v) is 3.44. The van der Waals surface area contributed by atoms with Gasteiger partial charge < -0.3 is 9.80 Å². The van der Waals surface area contributed by atoms with E-state index < -0.39 is 9.84 Å². The minimum Gasteiger partial charge on any atom is -0.349 e. The summed E-state index contributed by atoms with van der Waals surface area (Å²) in [6, 6.07) is 6.04. The monoisotopic (exact) mass is 338 g/mol. The van der Waals surface area contributed by atoms with E-state index in [0.717, 1.165) is 19.1 Å². The van der Waals surface area contributed by atoms with E-state index >= 15 is 0 Å². The van der Waals surface area contributed by atoms with Crippen molar-refractivity contribution in [2.24, 2.45) is 5.92 Å². The van der Waals surface area contributed by atoms with E-state index in [0.29, 0.717) is 18.7 Å². The summed E-state index contributed by atoms with van der Waals surface area (Å²) in [6.07, 6.45) is 2.65. The van der Waals surface area contributed by atoms with E-state index in [4.69, 9.17) is 0 Å². The lowest BCUT2D eigenvalue weighted by Gasteiger charge is -2.33. The van der Waals surface area contributed by atoms with Crippen LogP contribution in [0.1, 0.15) is 23.2 Å². The van der Waals surface area contributed by atoms with E-state index in [1.54, 1.807) is 36.0 Å². The van der Waals surface area contributed by atoms with Crippen molar-refractivity contribution in [1.82, 2.24) is 9.80 Å². The molecule has 0 unspecified atom stereocenters. The van der Waals surface area contributed by atoms with Gasteiger partial charge in [0, 0.05) is 39.0 Å². The normalized spacial score (nSPS) is 18.6. The summed E-state index contributed by atoms with van der Waals surface area (Å²) in [7, 11) is 0.0575. The highest BCUT2D eigenvalue weighted by molar-refractivity contribution is 7.90. The van der Waals surface area contributed by atoms with E-state index in [-0.39, 0.29) is 22.6 Å². The summed E-state index contributed by atoms with van der Waals surface area (Å²) < 4.78 is 23.3. The molecule has 7 heteroatoms. The number of carbonyl (C=O) groups is 2. The van der Waals surface area contributed by atoms with Crippen LogP contribution in [-0.2, 0) is 14.6 Å². The highest BCUT2D eigenvalue weighted by Gasteiger charge is 2.29. The molecule has 6 nitrogen and oxygen atoms in total. The molecule has 0 saturated carbocycles. The van der Waals surface area contributed by atoms with Crippen LogP contribution in [0.25, 0.3) is 0 Å². The van der Waals surface area contributed by atoms with Crippen LogP contribution in [0.3, 0.4) is 0 Å². The fourth-order valence-electron chi connectivity index (χ4n) is 2.77. The predicted molar refractivity (Wildman–Crippen MR) is 86.9 cm³/mol. The molecule has 2 amide bonds. The molecule has 1 heterocycles. The number of hydrogen-bond acceptors (Lipinski definition) is 4. The van der Waals surface area contributed by atoms with Crippen molar-refractivity contribution in [2.75, 3.05) is 33.4 Å². The van der Waals surface area contributed by atoms with Gasteiger partial charge in [-0.3, -0.25) is 9.59 Å². The quantitative estimate of drug-likeness (QED) is 0.825. The third kappa shape index (κ3) is 4.10. The van der Waals surface area contributed by atoms with Gasteiger partial charge in [-0.2, -0.15) is 0 Å². The number of benzene rings is 1. The molecule has 1 saturated heterocycles. The molecule has 23 heavy (non-hydrogen) atoms. The first-order valence-electron chi connectivity index (χ1n) is 7.50. The number of hydrogen-bond donors (Lipinski definition) is 0. The molecule has 1 fully saturated rings. The molecule has 0 aliphatic carbocycles. The van der Waals surface area contributed by atoms with Crippen molar-refractivity contribution in [2.45, 2.75) is 17.7 Å². The van der Waals surface area contributed by atoms with Gasteiger partial charge in [0.1, 0.15) is 0 Å². The van der Waals surface area contributed by atoms with Crippen molar-refractivity contribution in [3.05, 3.63) is 29.8 Å². The Labute approximate surface area is 137 Å². The van der Waals surface area contributed by atoms with Crippen LogP contribution in [0.5, 0.6) is 0 Å². The lowest BCUT2D eigenvalue weighted by atomic mass is 9.96. The van der Waals surface area contributed by atoms with Gasteiger partial charge in [-0.05, 0) is 31.0 Å². The zero-order valence-corrected chi connectivity index (χ0v) is 14.5. The van der Waals surface area contributed by atoms with E-state index in [9.17, 15) is 18.0 Å². The summed E-state index contributed by atoms with van der Waals surface area (Å²) in [5.74, 6) is -0.403. The summed E-state index contributed by atoms with van der Waals surface area (Å²) >= 11 is 0. The van der Waals surface area contributed by atoms with Gasteiger partial charge in [-0.25, -0.2) is 8.42 Å². The van der Waals surface area contributed by atoms with Crippen LogP contribution < -0.4 is 0 Å². The summed E-state index contributed by atoms with van der Waals surface area (Å²) in [5, 5.41) is 0. The number of likely N-dealkylation sites (tertiary alicyclic amines) is 1. The summed E-state index contributed by atoms with van der Waals surface area (Å²) in [5.41, 5.74) is 0.339. The Hall–Kier alpha value is -1.89. The molecule has 1 aromatic rings. The number of rotatable bonds is 3. The third-order valence-electron chi connectivity index (χ3n) is 4.01. The summed E-state index contributed by atoms with van der Waals surface area (Å²) in [4.78, 5) is 28.0. The van der Waals surface area contributed by atoms with Gasteiger partial charge in [0.15, 0.2) is 9.84 Å². The maximum Gasteiger partial charge on any atom is 0.253 e. The first kappa shape index (κ1) is 17.5. The molecular formula is C16H22N2O4S. The zero-order valence-electron chi connectivity index (χ0n) is 13.7. The van der Waals surface area contributed by atoms with Gasteiger partial charge in [0.05, 0.1) is 10.8 Å². The SMILES string of the molecule is CN(C)C(=O)[C@H]1CCCN(C(=O)c2cccc(S(C)(=O)=O)c2)C1. The molecule has 0 radical (unpaired) electrons. The van der Waals surface area contributed by atoms with Crippen LogP contribution in [0, 0.1) is 5.92 Å². The first-order chi connectivity index (χ1) is 10.7. The topological polar surface area (TPSA) is 74.8 Å². The van der Waals surface area contributed by atoms with Gasteiger partial charge >= 0.3 is 0 Å². The average Bonchev–Trinajstić information content (AvgIpc) is 2.52. The number of carbonyl (C=O) groups excluding carboxylic acids is 2. The van der Waals surface area contributed by atoms with Gasteiger partial charge in [-0.1, -0.05) is 6.07 Å². The summed E-state index contributed by atoms with van der Waals surface area (Å²) in [6.45, 7) is 0.956. The molecule has 0 bridgehead atoms. The Morgan fingerprint density at radius 2 is 1.96 bits per heavy atom. The molecule has 1 aromatic carbocycles. The van der Waals surface area contributed by atoms with Crippen molar-refractivity contribution >= 4 is 21.7 Å². The Balaban J connectivity index is 2.19. The van der Waals surface area contributed by atoms with Crippen LogP contribution in [0.2, 0.25) is 0 Å². The van der Waals surface area contributed by atoms with Crippen LogP contribution in [0.4, 0.5) is 0 Å². The smallest absolute Gasteiger partial charge is 0.253 e. The molecule has 0 N–H and O–H groups in total. The minimum absolute atomic E-state index is 0.0207. The molecule has 0 spiro atoms. The molecule has 126 valence electrons. The lowest BCUT2D eigenvalue weighted by molar-refractivity contribution is -0.134. The Kier molecular flexibility index (Phi) is 5.09. The number of sulfone groups is 1. The van der Waals surface area contributed by atoms with Crippen LogP contribution in [0.15, 0.2) is 29.2 Å². The second-order valence-electron chi connectivity index (χ2n) is 6.12. The zero-order chi connectivity index (χ0) is 17.2. The van der Waals surface area contributed by atoms with Crippen molar-refractivity contribution in [3.63, 3.8) is 0 Å². The number of amides is 2. The van der Waals surface area contributed by atoms with Crippen molar-refractivity contribution in [3.8, 4) is 0 Å². The van der Waals surface area contributed by atoms with Crippen molar-refractivity contribution < 1.29 is 18.0 Å². The Morgan fingerprint density at radius 3 is 2.57 bits per heavy atom. The fraction of sp³-hybridized carbons (Fsp3) is 0.500. The number of piperidine rings is 1. The molecule has 1 atom stereocenters. The maximum absolute atomic E-state index is 12.6. The third-order valence-corrected chi connectivity index (χ3v) is 5.12. The average molecular weight is 338 g/mol. The molecule has 1 aliphatic rings. The van der Waals surface area contributed by atoms with E-state index in [1.165, 1.54) is 12.1 Å². The maximum atomic E-state index is 12.6. The predicted octanol–water partition coefficient (Wildman–Crippen LogP) is 1.03. The van der Waals surface area contributed by atoms with Crippen LogP contribution >= 0.6 is 0 Å².